The van der Waals surface area contributed by atoms with E-state index in [1.807, 2.05) is 41.8 Å². The molecule has 2 heterocycles. The van der Waals surface area contributed by atoms with Crippen molar-refractivity contribution in [2.24, 2.45) is 0 Å². The fourth-order valence-electron chi connectivity index (χ4n) is 3.68. The summed E-state index contributed by atoms with van der Waals surface area (Å²) in [5.74, 6) is 1.28. The van der Waals surface area contributed by atoms with Crippen molar-refractivity contribution in [1.29, 1.82) is 0 Å². The molecule has 0 radical (unpaired) electrons. The zero-order valence-electron chi connectivity index (χ0n) is 15.5. The van der Waals surface area contributed by atoms with E-state index in [1.54, 1.807) is 0 Å². The number of halogens is 1. The topological polar surface area (TPSA) is 73.1 Å². The minimum atomic E-state index is 0.576. The number of aromatic nitrogens is 2. The van der Waals surface area contributed by atoms with Crippen molar-refractivity contribution < 1.29 is 0 Å². The highest BCUT2D eigenvalue weighted by atomic mass is 35.5. The first kappa shape index (κ1) is 17.7. The Labute approximate surface area is 164 Å². The molecule has 1 fully saturated rings. The lowest BCUT2D eigenvalue weighted by Crippen LogP contribution is -2.29. The van der Waals surface area contributed by atoms with Crippen LogP contribution in [0.5, 0.6) is 0 Å². The van der Waals surface area contributed by atoms with Gasteiger partial charge >= 0.3 is 0 Å². The molecule has 1 aliphatic rings. The predicted molar refractivity (Wildman–Crippen MR) is 114 cm³/mol. The smallest absolute Gasteiger partial charge is 0.148 e. The van der Waals surface area contributed by atoms with E-state index < -0.39 is 0 Å². The maximum atomic E-state index is 6.44. The van der Waals surface area contributed by atoms with Crippen molar-refractivity contribution in [3.63, 3.8) is 0 Å². The molecule has 3 aromatic rings. The molecule has 0 saturated carbocycles. The molecule has 0 aliphatic carbocycles. The molecule has 0 amide bonds. The van der Waals surface area contributed by atoms with Gasteiger partial charge in [-0.15, -0.1) is 0 Å². The molecular formula is C21H24ClN5. The van der Waals surface area contributed by atoms with Gasteiger partial charge in [-0.3, -0.25) is 4.57 Å². The Hall–Kier alpha value is -2.66. The molecule has 2 aromatic carbocycles. The highest BCUT2D eigenvalue weighted by Gasteiger charge is 2.20. The van der Waals surface area contributed by atoms with Crippen LogP contribution in [-0.4, -0.2) is 22.6 Å². The summed E-state index contributed by atoms with van der Waals surface area (Å²) in [4.78, 5) is 7.09. The molecule has 1 aromatic heterocycles. The van der Waals surface area contributed by atoms with Gasteiger partial charge in [-0.05, 0) is 56.5 Å². The molecule has 4 N–H and O–H groups in total. The zero-order valence-corrected chi connectivity index (χ0v) is 16.2. The van der Waals surface area contributed by atoms with Gasteiger partial charge in [0.05, 0.1) is 22.1 Å². The summed E-state index contributed by atoms with van der Waals surface area (Å²) in [6.45, 7) is 4.04. The molecule has 4 rings (SSSR count). The van der Waals surface area contributed by atoms with Crippen LogP contribution < -0.4 is 16.4 Å². The van der Waals surface area contributed by atoms with Crippen LogP contribution in [0.15, 0.2) is 42.5 Å². The monoisotopic (exact) mass is 381 g/mol. The van der Waals surface area contributed by atoms with Crippen LogP contribution in [0.4, 0.5) is 17.2 Å². The number of nitrogens with two attached hydrogens (primary N) is 2. The highest BCUT2D eigenvalue weighted by Crippen LogP contribution is 2.35. The molecule has 140 valence electrons. The summed E-state index contributed by atoms with van der Waals surface area (Å²) < 4.78 is 1.92. The van der Waals surface area contributed by atoms with Gasteiger partial charge in [0.2, 0.25) is 0 Å². The Balaban J connectivity index is 1.87. The van der Waals surface area contributed by atoms with Crippen molar-refractivity contribution in [3.8, 4) is 17.1 Å². The Kier molecular flexibility index (Phi) is 4.70. The van der Waals surface area contributed by atoms with E-state index in [9.17, 15) is 0 Å². The maximum Gasteiger partial charge on any atom is 0.148 e. The van der Waals surface area contributed by atoms with E-state index in [-0.39, 0.29) is 0 Å². The number of aryl methyl sites for hydroxylation is 1. The van der Waals surface area contributed by atoms with Gasteiger partial charge in [0.25, 0.3) is 0 Å². The van der Waals surface area contributed by atoms with E-state index in [0.717, 1.165) is 35.7 Å². The van der Waals surface area contributed by atoms with Crippen LogP contribution in [0.25, 0.3) is 17.1 Å². The van der Waals surface area contributed by atoms with Gasteiger partial charge in [0, 0.05) is 24.3 Å². The first-order valence-electron chi connectivity index (χ1n) is 9.31. The van der Waals surface area contributed by atoms with Crippen LogP contribution in [0.1, 0.15) is 25.0 Å². The van der Waals surface area contributed by atoms with Crippen molar-refractivity contribution in [2.45, 2.75) is 26.2 Å². The third kappa shape index (κ3) is 3.23. The second-order valence-electron chi connectivity index (χ2n) is 7.01. The van der Waals surface area contributed by atoms with Crippen molar-refractivity contribution >= 4 is 28.8 Å². The lowest BCUT2D eigenvalue weighted by Gasteiger charge is -2.29. The standard InChI is InChI=1S/C21H24ClN5/c1-14-20(24)27(21(25-14)16-7-3-4-8-17(16)22)19-13-15(9-10-18(19)23)26-11-5-2-6-12-26/h3-4,7-10,13H,2,5-6,11-12,23-24H2,1H3. The van der Waals surface area contributed by atoms with Crippen LogP contribution in [0.3, 0.4) is 0 Å². The Morgan fingerprint density at radius 3 is 2.48 bits per heavy atom. The average Bonchev–Trinajstić information content (AvgIpc) is 2.98. The molecule has 1 aliphatic heterocycles. The second-order valence-corrected chi connectivity index (χ2v) is 7.42. The second kappa shape index (κ2) is 7.16. The summed E-state index contributed by atoms with van der Waals surface area (Å²) in [5.41, 5.74) is 17.0. The van der Waals surface area contributed by atoms with Gasteiger partial charge < -0.3 is 16.4 Å². The summed E-state index contributed by atoms with van der Waals surface area (Å²) >= 11 is 6.44. The highest BCUT2D eigenvalue weighted by molar-refractivity contribution is 6.33. The first-order valence-corrected chi connectivity index (χ1v) is 9.68. The maximum absolute atomic E-state index is 6.44. The summed E-state index contributed by atoms with van der Waals surface area (Å²) in [7, 11) is 0. The summed E-state index contributed by atoms with van der Waals surface area (Å²) in [6.07, 6.45) is 3.73. The lowest BCUT2D eigenvalue weighted by atomic mass is 10.1. The minimum absolute atomic E-state index is 0.576. The fourth-order valence-corrected chi connectivity index (χ4v) is 3.90. The van der Waals surface area contributed by atoms with Crippen molar-refractivity contribution in [1.82, 2.24) is 9.55 Å². The number of piperidine rings is 1. The van der Waals surface area contributed by atoms with Crippen LogP contribution in [0, 0.1) is 6.92 Å². The van der Waals surface area contributed by atoms with E-state index in [0.29, 0.717) is 22.4 Å². The number of nitrogens with zero attached hydrogens (tertiary/aromatic N) is 3. The normalized spacial score (nSPS) is 14.5. The molecule has 0 unspecified atom stereocenters. The molecule has 0 bridgehead atoms. The number of hydrogen-bond acceptors (Lipinski definition) is 4. The van der Waals surface area contributed by atoms with E-state index in [1.165, 1.54) is 19.3 Å². The molecule has 5 nitrogen and oxygen atoms in total. The van der Waals surface area contributed by atoms with Crippen LogP contribution in [-0.2, 0) is 0 Å². The SMILES string of the molecule is Cc1nc(-c2ccccc2Cl)n(-c2cc(N3CCCCC3)ccc2N)c1N. The predicted octanol–water partition coefficient (Wildman–Crippen LogP) is 4.66. The van der Waals surface area contributed by atoms with Gasteiger partial charge in [0.1, 0.15) is 11.6 Å². The lowest BCUT2D eigenvalue weighted by molar-refractivity contribution is 0.578. The fraction of sp³-hybridized carbons (Fsp3) is 0.286. The van der Waals surface area contributed by atoms with Gasteiger partial charge in [-0.2, -0.15) is 0 Å². The quantitative estimate of drug-likeness (QED) is 0.647. The number of nitrogen functional groups attached to an aromatic ring is 2. The largest absolute Gasteiger partial charge is 0.397 e. The van der Waals surface area contributed by atoms with E-state index in [4.69, 9.17) is 23.1 Å². The first-order chi connectivity index (χ1) is 13.1. The van der Waals surface area contributed by atoms with Crippen LogP contribution >= 0.6 is 11.6 Å². The third-order valence-electron chi connectivity index (χ3n) is 5.19. The van der Waals surface area contributed by atoms with Gasteiger partial charge in [-0.25, -0.2) is 4.98 Å². The Bertz CT molecular complexity index is 973. The van der Waals surface area contributed by atoms with Crippen LogP contribution in [0.2, 0.25) is 5.02 Å². The van der Waals surface area contributed by atoms with Gasteiger partial charge in [0.15, 0.2) is 0 Å². The van der Waals surface area contributed by atoms with Gasteiger partial charge in [-0.1, -0.05) is 23.7 Å². The molecule has 6 heteroatoms. The molecule has 27 heavy (non-hydrogen) atoms. The third-order valence-corrected chi connectivity index (χ3v) is 5.52. The number of benzene rings is 2. The van der Waals surface area contributed by atoms with Crippen molar-refractivity contribution in [2.75, 3.05) is 29.5 Å². The van der Waals surface area contributed by atoms with Crippen molar-refractivity contribution in [3.05, 3.63) is 53.2 Å². The molecule has 1 saturated heterocycles. The Morgan fingerprint density at radius 1 is 1.00 bits per heavy atom. The van der Waals surface area contributed by atoms with E-state index >= 15 is 0 Å². The number of imidazole rings is 1. The Morgan fingerprint density at radius 2 is 1.74 bits per heavy atom. The minimum Gasteiger partial charge on any atom is -0.397 e. The summed E-state index contributed by atoms with van der Waals surface area (Å²) in [6, 6.07) is 13.8. The molecule has 0 spiro atoms. The molecule has 0 atom stereocenters. The number of hydrogen-bond donors (Lipinski definition) is 2. The number of anilines is 3. The molecular weight excluding hydrogens is 358 g/mol. The summed E-state index contributed by atoms with van der Waals surface area (Å²) in [5, 5.41) is 0.634. The zero-order chi connectivity index (χ0) is 19.0. The average molecular weight is 382 g/mol. The number of rotatable bonds is 3. The van der Waals surface area contributed by atoms with E-state index in [2.05, 4.69) is 22.0 Å².